The summed E-state index contributed by atoms with van der Waals surface area (Å²) in [5.74, 6) is 0.820. The van der Waals surface area contributed by atoms with E-state index in [2.05, 4.69) is 5.32 Å². The maximum atomic E-state index is 11.6. The Labute approximate surface area is 103 Å². The lowest BCUT2D eigenvalue weighted by Crippen LogP contribution is -2.25. The van der Waals surface area contributed by atoms with Crippen molar-refractivity contribution >= 4 is 5.91 Å². The summed E-state index contributed by atoms with van der Waals surface area (Å²) in [6, 6.07) is 7.64. The third-order valence-corrected chi connectivity index (χ3v) is 2.34. The fraction of sp³-hybridized carbons (Fsp3) is 0.500. The first kappa shape index (κ1) is 13.6. The molecule has 1 N–H and O–H groups in total. The van der Waals surface area contributed by atoms with Crippen LogP contribution in [0.15, 0.2) is 24.3 Å². The average molecular weight is 235 g/mol. The molecule has 3 nitrogen and oxygen atoms in total. The Morgan fingerprint density at radius 1 is 1.29 bits per heavy atom. The first-order valence-corrected chi connectivity index (χ1v) is 6.33. The van der Waals surface area contributed by atoms with Crippen LogP contribution in [0, 0.1) is 0 Å². The van der Waals surface area contributed by atoms with Crippen LogP contribution in [0.3, 0.4) is 0 Å². The number of nitrogens with one attached hydrogen (secondary N) is 1. The van der Waals surface area contributed by atoms with Crippen LogP contribution in [0.5, 0.6) is 5.75 Å². The van der Waals surface area contributed by atoms with Crippen molar-refractivity contribution in [1.29, 1.82) is 0 Å². The molecule has 1 aliphatic rings. The van der Waals surface area contributed by atoms with Crippen LogP contribution in [0.25, 0.3) is 0 Å². The summed E-state index contributed by atoms with van der Waals surface area (Å²) in [5, 5.41) is 2.94. The Kier molecular flexibility index (Phi) is 5.53. The first-order valence-electron chi connectivity index (χ1n) is 6.33. The highest BCUT2D eigenvalue weighted by Crippen LogP contribution is 2.19. The number of rotatable bonds is 4. The van der Waals surface area contributed by atoms with Crippen molar-refractivity contribution in [2.75, 3.05) is 6.61 Å². The van der Waals surface area contributed by atoms with Gasteiger partial charge in [0.2, 0.25) is 0 Å². The molecule has 1 aromatic carbocycles. The van der Waals surface area contributed by atoms with Crippen LogP contribution < -0.4 is 10.1 Å². The van der Waals surface area contributed by atoms with Crippen LogP contribution in [-0.2, 0) is 0 Å². The minimum Gasteiger partial charge on any atom is -0.494 e. The van der Waals surface area contributed by atoms with Crippen molar-refractivity contribution in [3.63, 3.8) is 0 Å². The Morgan fingerprint density at radius 3 is 2.35 bits per heavy atom. The lowest BCUT2D eigenvalue weighted by Gasteiger charge is -2.05. The maximum Gasteiger partial charge on any atom is 0.251 e. The van der Waals surface area contributed by atoms with Gasteiger partial charge in [0.25, 0.3) is 5.91 Å². The number of carbonyl (C=O) groups excluding carboxylic acids is 1. The highest BCUT2D eigenvalue weighted by atomic mass is 16.5. The van der Waals surface area contributed by atoms with Crippen molar-refractivity contribution in [2.24, 2.45) is 0 Å². The minimum absolute atomic E-state index is 0.0144. The molecular weight excluding hydrogens is 214 g/mol. The molecule has 17 heavy (non-hydrogen) atoms. The van der Waals surface area contributed by atoms with Crippen LogP contribution in [0.4, 0.5) is 0 Å². The molecule has 1 aliphatic carbocycles. The zero-order chi connectivity index (χ0) is 12.7. The zero-order valence-corrected chi connectivity index (χ0v) is 10.8. The molecule has 1 aromatic rings. The second-order valence-electron chi connectivity index (χ2n) is 3.71. The van der Waals surface area contributed by atoms with Gasteiger partial charge in [-0.25, -0.2) is 0 Å². The molecule has 0 radical (unpaired) electrons. The number of ether oxygens (including phenoxy) is 1. The second kappa shape index (κ2) is 6.94. The fourth-order valence-electron chi connectivity index (χ4n) is 1.37. The van der Waals surface area contributed by atoms with E-state index in [1.807, 2.05) is 32.9 Å². The molecule has 0 aliphatic heterocycles. The van der Waals surface area contributed by atoms with Gasteiger partial charge < -0.3 is 10.1 Å². The molecule has 1 fully saturated rings. The molecule has 0 atom stereocenters. The molecule has 0 heterocycles. The van der Waals surface area contributed by atoms with Crippen molar-refractivity contribution in [3.8, 4) is 5.75 Å². The zero-order valence-electron chi connectivity index (χ0n) is 10.8. The van der Waals surface area contributed by atoms with Gasteiger partial charge in [-0.15, -0.1) is 0 Å². The number of hydrogen-bond acceptors (Lipinski definition) is 2. The SMILES string of the molecule is CC.CCOc1ccc(C(=O)NC2CC2)cc1. The second-order valence-corrected chi connectivity index (χ2v) is 3.71. The minimum atomic E-state index is 0.0144. The molecule has 1 saturated carbocycles. The van der Waals surface area contributed by atoms with Crippen molar-refractivity contribution < 1.29 is 9.53 Å². The smallest absolute Gasteiger partial charge is 0.251 e. The van der Waals surface area contributed by atoms with E-state index in [0.29, 0.717) is 18.2 Å². The standard InChI is InChI=1S/C12H15NO2.C2H6/c1-2-15-11-7-3-9(4-8-11)12(14)13-10-5-6-10;1-2/h3-4,7-8,10H,2,5-6H2,1H3,(H,13,14);1-2H3. The van der Waals surface area contributed by atoms with E-state index in [1.165, 1.54) is 0 Å². The monoisotopic (exact) mass is 235 g/mol. The Hall–Kier alpha value is -1.51. The molecule has 0 unspecified atom stereocenters. The highest BCUT2D eigenvalue weighted by Gasteiger charge is 2.23. The third-order valence-electron chi connectivity index (χ3n) is 2.34. The van der Waals surface area contributed by atoms with Crippen LogP contribution in [-0.4, -0.2) is 18.6 Å². The van der Waals surface area contributed by atoms with Gasteiger partial charge in [0.05, 0.1) is 6.61 Å². The summed E-state index contributed by atoms with van der Waals surface area (Å²) in [6.07, 6.45) is 2.23. The van der Waals surface area contributed by atoms with Crippen molar-refractivity contribution in [3.05, 3.63) is 29.8 Å². The normalized spacial score (nSPS) is 13.4. The summed E-state index contributed by atoms with van der Waals surface area (Å²) in [7, 11) is 0. The van der Waals surface area contributed by atoms with E-state index in [0.717, 1.165) is 18.6 Å². The predicted octanol–water partition coefficient (Wildman–Crippen LogP) is 3.00. The van der Waals surface area contributed by atoms with Crippen LogP contribution in [0.1, 0.15) is 44.0 Å². The largest absolute Gasteiger partial charge is 0.494 e. The number of benzene rings is 1. The summed E-state index contributed by atoms with van der Waals surface area (Å²) in [5.41, 5.74) is 0.699. The molecule has 2 rings (SSSR count). The van der Waals surface area contributed by atoms with E-state index < -0.39 is 0 Å². The maximum absolute atomic E-state index is 11.6. The molecule has 3 heteroatoms. The average Bonchev–Trinajstić information content (AvgIpc) is 3.17. The molecular formula is C14H21NO2. The third kappa shape index (κ3) is 4.47. The lowest BCUT2D eigenvalue weighted by atomic mass is 10.2. The summed E-state index contributed by atoms with van der Waals surface area (Å²) >= 11 is 0. The van der Waals surface area contributed by atoms with Crippen LogP contribution >= 0.6 is 0 Å². The summed E-state index contributed by atoms with van der Waals surface area (Å²) < 4.78 is 5.30. The Balaban J connectivity index is 0.000000686. The lowest BCUT2D eigenvalue weighted by molar-refractivity contribution is 0.0951. The molecule has 94 valence electrons. The summed E-state index contributed by atoms with van der Waals surface area (Å²) in [4.78, 5) is 11.6. The number of hydrogen-bond donors (Lipinski definition) is 1. The topological polar surface area (TPSA) is 38.3 Å². The van der Waals surface area contributed by atoms with Crippen molar-refractivity contribution in [1.82, 2.24) is 5.32 Å². The molecule has 1 amide bonds. The van der Waals surface area contributed by atoms with E-state index in [1.54, 1.807) is 12.1 Å². The highest BCUT2D eigenvalue weighted by molar-refractivity contribution is 5.94. The molecule has 0 spiro atoms. The quantitative estimate of drug-likeness (QED) is 0.871. The number of amides is 1. The van der Waals surface area contributed by atoms with E-state index >= 15 is 0 Å². The van der Waals surface area contributed by atoms with Crippen molar-refractivity contribution in [2.45, 2.75) is 39.7 Å². The van der Waals surface area contributed by atoms with E-state index in [4.69, 9.17) is 4.74 Å². The summed E-state index contributed by atoms with van der Waals surface area (Å²) in [6.45, 7) is 6.58. The van der Waals surface area contributed by atoms with Gasteiger partial charge in [-0.1, -0.05) is 13.8 Å². The van der Waals surface area contributed by atoms with E-state index in [9.17, 15) is 4.79 Å². The predicted molar refractivity (Wildman–Crippen MR) is 69.4 cm³/mol. The van der Waals surface area contributed by atoms with Gasteiger partial charge in [0.1, 0.15) is 5.75 Å². The molecule has 0 bridgehead atoms. The van der Waals surface area contributed by atoms with Crippen LogP contribution in [0.2, 0.25) is 0 Å². The van der Waals surface area contributed by atoms with Gasteiger partial charge in [0.15, 0.2) is 0 Å². The van der Waals surface area contributed by atoms with Gasteiger partial charge in [-0.05, 0) is 44.0 Å². The Morgan fingerprint density at radius 2 is 1.88 bits per heavy atom. The van der Waals surface area contributed by atoms with Gasteiger partial charge in [0, 0.05) is 11.6 Å². The number of carbonyl (C=O) groups is 1. The Bertz CT molecular complexity index is 342. The molecule has 0 saturated heterocycles. The van der Waals surface area contributed by atoms with Gasteiger partial charge in [-0.2, -0.15) is 0 Å². The van der Waals surface area contributed by atoms with E-state index in [-0.39, 0.29) is 5.91 Å². The van der Waals surface area contributed by atoms with Gasteiger partial charge in [-0.3, -0.25) is 4.79 Å². The van der Waals surface area contributed by atoms with Gasteiger partial charge >= 0.3 is 0 Å². The first-order chi connectivity index (χ1) is 8.29. The molecule has 0 aromatic heterocycles. The fourth-order valence-corrected chi connectivity index (χ4v) is 1.37.